The first-order valence-corrected chi connectivity index (χ1v) is 11.8. The van der Waals surface area contributed by atoms with E-state index in [1.807, 2.05) is 54.3 Å². The van der Waals surface area contributed by atoms with Crippen molar-refractivity contribution in [3.63, 3.8) is 0 Å². The number of carbonyl (C=O) groups is 2. The highest BCUT2D eigenvalue weighted by molar-refractivity contribution is 6.02. The first-order chi connectivity index (χ1) is 16.6. The van der Waals surface area contributed by atoms with E-state index in [0.717, 1.165) is 31.2 Å². The molecule has 2 amide bonds. The van der Waals surface area contributed by atoms with Gasteiger partial charge in [-0.2, -0.15) is 0 Å². The molecule has 0 radical (unpaired) electrons. The number of fused-ring (bicyclic) bond motifs is 1. The lowest BCUT2D eigenvalue weighted by atomic mass is 9.84. The van der Waals surface area contributed by atoms with Gasteiger partial charge < -0.3 is 15.0 Å². The molecule has 1 N–H and O–H groups in total. The standard InChI is InChI=1S/C27H28N4O3/c1-18-16-21(34-27-28-14-7-15-29-27)12-13-22(18)30-25(32)24-17-20-10-5-6-11-23(20)31(24)26(33)19-8-3-2-4-9-19/h2-4,7-9,12-16,20,23-24H,5-6,10-11,17H2,1H3,(H,30,32). The highest BCUT2D eigenvalue weighted by atomic mass is 16.5. The highest BCUT2D eigenvalue weighted by Gasteiger charge is 2.47. The predicted molar refractivity (Wildman–Crippen MR) is 129 cm³/mol. The van der Waals surface area contributed by atoms with E-state index >= 15 is 0 Å². The summed E-state index contributed by atoms with van der Waals surface area (Å²) >= 11 is 0. The largest absolute Gasteiger partial charge is 0.424 e. The van der Waals surface area contributed by atoms with Gasteiger partial charge >= 0.3 is 6.01 Å². The van der Waals surface area contributed by atoms with E-state index in [1.165, 1.54) is 0 Å². The fourth-order valence-corrected chi connectivity index (χ4v) is 5.22. The van der Waals surface area contributed by atoms with Gasteiger partial charge in [-0.05, 0) is 74.1 Å². The third kappa shape index (κ3) is 4.51. The van der Waals surface area contributed by atoms with Crippen molar-refractivity contribution >= 4 is 17.5 Å². The first kappa shape index (κ1) is 22.1. The number of hydrogen-bond donors (Lipinski definition) is 1. The smallest absolute Gasteiger partial charge is 0.321 e. The number of hydrogen-bond acceptors (Lipinski definition) is 5. The third-order valence-electron chi connectivity index (χ3n) is 6.85. The van der Waals surface area contributed by atoms with Crippen LogP contribution in [-0.2, 0) is 4.79 Å². The molecule has 2 aromatic carbocycles. The van der Waals surface area contributed by atoms with Gasteiger partial charge in [-0.15, -0.1) is 0 Å². The van der Waals surface area contributed by atoms with E-state index in [1.54, 1.807) is 24.5 Å². The van der Waals surface area contributed by atoms with Crippen molar-refractivity contribution in [2.75, 3.05) is 5.32 Å². The Bertz CT molecular complexity index is 1170. The molecular formula is C27H28N4O3. The average molecular weight is 457 g/mol. The van der Waals surface area contributed by atoms with E-state index in [9.17, 15) is 9.59 Å². The molecule has 3 unspecified atom stereocenters. The minimum absolute atomic E-state index is 0.0570. The summed E-state index contributed by atoms with van der Waals surface area (Å²) < 4.78 is 5.69. The zero-order chi connectivity index (χ0) is 23.5. The Kier molecular flexibility index (Phi) is 6.25. The summed E-state index contributed by atoms with van der Waals surface area (Å²) in [5.41, 5.74) is 2.19. The van der Waals surface area contributed by atoms with Gasteiger partial charge in [0, 0.05) is 29.7 Å². The van der Waals surface area contributed by atoms with Gasteiger partial charge in [-0.1, -0.05) is 31.0 Å². The van der Waals surface area contributed by atoms with Crippen molar-refractivity contribution in [1.82, 2.24) is 14.9 Å². The number of nitrogens with one attached hydrogen (secondary N) is 1. The predicted octanol–water partition coefficient (Wildman–Crippen LogP) is 4.99. The number of aryl methyl sites for hydroxylation is 1. The van der Waals surface area contributed by atoms with E-state index < -0.39 is 6.04 Å². The van der Waals surface area contributed by atoms with E-state index in [0.29, 0.717) is 29.3 Å². The first-order valence-electron chi connectivity index (χ1n) is 11.8. The maximum atomic E-state index is 13.5. The van der Waals surface area contributed by atoms with Crippen molar-refractivity contribution in [3.05, 3.63) is 78.1 Å². The second-order valence-corrected chi connectivity index (χ2v) is 9.04. The van der Waals surface area contributed by atoms with Crippen LogP contribution in [0.3, 0.4) is 0 Å². The summed E-state index contributed by atoms with van der Waals surface area (Å²) in [6, 6.07) is 16.4. The van der Waals surface area contributed by atoms with Crippen LogP contribution in [0.15, 0.2) is 67.0 Å². The summed E-state index contributed by atoms with van der Waals surface area (Å²) in [6.45, 7) is 1.91. The Hall–Kier alpha value is -3.74. The molecule has 2 aliphatic rings. The second-order valence-electron chi connectivity index (χ2n) is 9.04. The van der Waals surface area contributed by atoms with Crippen LogP contribution in [0.1, 0.15) is 48.0 Å². The summed E-state index contributed by atoms with van der Waals surface area (Å²) in [5.74, 6) is 0.773. The van der Waals surface area contributed by atoms with Crippen molar-refractivity contribution in [2.45, 2.75) is 51.1 Å². The number of carbonyl (C=O) groups excluding carboxylic acids is 2. The lowest BCUT2D eigenvalue weighted by Crippen LogP contribution is -2.47. The average Bonchev–Trinajstić information content (AvgIpc) is 3.26. The Balaban J connectivity index is 1.34. The normalized spacial score (nSPS) is 21.6. The van der Waals surface area contributed by atoms with Crippen LogP contribution >= 0.6 is 0 Å². The van der Waals surface area contributed by atoms with Crippen LogP contribution < -0.4 is 10.1 Å². The molecular weight excluding hydrogens is 428 g/mol. The fraction of sp³-hybridized carbons (Fsp3) is 0.333. The molecule has 1 aliphatic carbocycles. The topological polar surface area (TPSA) is 84.4 Å². The van der Waals surface area contributed by atoms with Gasteiger partial charge in [-0.3, -0.25) is 9.59 Å². The van der Waals surface area contributed by atoms with Crippen LogP contribution in [0.2, 0.25) is 0 Å². The van der Waals surface area contributed by atoms with Crippen LogP contribution in [0, 0.1) is 12.8 Å². The van der Waals surface area contributed by atoms with Gasteiger partial charge in [0.2, 0.25) is 5.91 Å². The maximum Gasteiger partial charge on any atom is 0.321 e. The number of likely N-dealkylation sites (tertiary alicyclic amines) is 1. The van der Waals surface area contributed by atoms with E-state index in [-0.39, 0.29) is 23.9 Å². The summed E-state index contributed by atoms with van der Waals surface area (Å²) in [6.07, 6.45) is 8.23. The van der Waals surface area contributed by atoms with Gasteiger partial charge in [0.25, 0.3) is 5.91 Å². The minimum atomic E-state index is -0.478. The molecule has 7 nitrogen and oxygen atoms in total. The quantitative estimate of drug-likeness (QED) is 0.585. The maximum absolute atomic E-state index is 13.5. The number of aromatic nitrogens is 2. The molecule has 174 valence electrons. The zero-order valence-electron chi connectivity index (χ0n) is 19.2. The van der Waals surface area contributed by atoms with Crippen LogP contribution in [0.4, 0.5) is 5.69 Å². The SMILES string of the molecule is Cc1cc(Oc2ncccn2)ccc1NC(=O)C1CC2CCCCC2N1C(=O)c1ccccc1. The minimum Gasteiger partial charge on any atom is -0.424 e. The molecule has 0 bridgehead atoms. The van der Waals surface area contributed by atoms with E-state index in [4.69, 9.17) is 4.74 Å². The number of rotatable bonds is 5. The third-order valence-corrected chi connectivity index (χ3v) is 6.85. The Morgan fingerprint density at radius 2 is 1.76 bits per heavy atom. The Morgan fingerprint density at radius 1 is 1.00 bits per heavy atom. The van der Waals surface area contributed by atoms with Crippen molar-refractivity contribution in [2.24, 2.45) is 5.92 Å². The summed E-state index contributed by atoms with van der Waals surface area (Å²) in [7, 11) is 0. The van der Waals surface area contributed by atoms with Gasteiger partial charge in [-0.25, -0.2) is 9.97 Å². The Labute approximate surface area is 199 Å². The van der Waals surface area contributed by atoms with Crippen molar-refractivity contribution in [1.29, 1.82) is 0 Å². The van der Waals surface area contributed by atoms with Gasteiger partial charge in [0.15, 0.2) is 0 Å². The number of amides is 2. The van der Waals surface area contributed by atoms with Gasteiger partial charge in [0.1, 0.15) is 11.8 Å². The Morgan fingerprint density at radius 3 is 2.53 bits per heavy atom. The number of ether oxygens (including phenoxy) is 1. The molecule has 2 heterocycles. The zero-order valence-corrected chi connectivity index (χ0v) is 19.2. The molecule has 34 heavy (non-hydrogen) atoms. The summed E-state index contributed by atoms with van der Waals surface area (Å²) in [4.78, 5) is 36.9. The monoisotopic (exact) mass is 456 g/mol. The molecule has 3 atom stereocenters. The number of anilines is 1. The highest BCUT2D eigenvalue weighted by Crippen LogP contribution is 2.41. The van der Waals surface area contributed by atoms with Gasteiger partial charge in [0.05, 0.1) is 0 Å². The molecule has 5 rings (SSSR count). The van der Waals surface area contributed by atoms with Crippen molar-refractivity contribution < 1.29 is 14.3 Å². The van der Waals surface area contributed by atoms with Crippen LogP contribution in [-0.4, -0.2) is 38.8 Å². The lowest BCUT2D eigenvalue weighted by Gasteiger charge is -2.33. The van der Waals surface area contributed by atoms with Crippen molar-refractivity contribution in [3.8, 4) is 11.8 Å². The van der Waals surface area contributed by atoms with E-state index in [2.05, 4.69) is 15.3 Å². The fourth-order valence-electron chi connectivity index (χ4n) is 5.22. The van der Waals surface area contributed by atoms with Crippen LogP contribution in [0.5, 0.6) is 11.8 Å². The molecule has 1 aliphatic heterocycles. The van der Waals surface area contributed by atoms with Crippen LogP contribution in [0.25, 0.3) is 0 Å². The molecule has 1 saturated heterocycles. The molecule has 3 aromatic rings. The molecule has 7 heteroatoms. The second kappa shape index (κ2) is 9.63. The molecule has 1 saturated carbocycles. The molecule has 2 fully saturated rings. The molecule has 1 aromatic heterocycles. The number of nitrogens with zero attached hydrogens (tertiary/aromatic N) is 3. The number of benzene rings is 2. The lowest BCUT2D eigenvalue weighted by molar-refractivity contribution is -0.120. The summed E-state index contributed by atoms with van der Waals surface area (Å²) in [5, 5.41) is 3.07. The molecule has 0 spiro atoms.